The van der Waals surface area contributed by atoms with Gasteiger partial charge in [-0.1, -0.05) is 29.3 Å². The summed E-state index contributed by atoms with van der Waals surface area (Å²) in [6.07, 6.45) is 5.04. The van der Waals surface area contributed by atoms with Crippen LogP contribution in [0.25, 0.3) is 0 Å². The first-order chi connectivity index (χ1) is 9.56. The van der Waals surface area contributed by atoms with Gasteiger partial charge < -0.3 is 0 Å². The average Bonchev–Trinajstić information content (AvgIpc) is 2.42. The molecule has 0 aliphatic heterocycles. The summed E-state index contributed by atoms with van der Waals surface area (Å²) in [5.74, 6) is -0.285. The molecule has 1 N–H and O–H groups in total. The molecule has 0 aliphatic carbocycles. The summed E-state index contributed by atoms with van der Waals surface area (Å²) in [7, 11) is 1.88. The van der Waals surface area contributed by atoms with Crippen LogP contribution in [0.1, 0.15) is 15.9 Å². The molecule has 0 unspecified atom stereocenters. The number of carbonyl (C=O) groups excluding carboxylic acids is 1. The number of hydrogen-bond donors (Lipinski definition) is 1. The normalized spacial score (nSPS) is 10.2. The van der Waals surface area contributed by atoms with Crippen molar-refractivity contribution in [3.8, 4) is 0 Å². The highest BCUT2D eigenvalue weighted by molar-refractivity contribution is 14.0. The van der Waals surface area contributed by atoms with Crippen LogP contribution in [0, 0.1) is 0 Å². The number of pyridine rings is 1. The van der Waals surface area contributed by atoms with Crippen LogP contribution in [0.15, 0.2) is 47.8 Å². The van der Waals surface area contributed by atoms with Crippen molar-refractivity contribution in [3.63, 3.8) is 0 Å². The van der Waals surface area contributed by atoms with Gasteiger partial charge in [-0.3, -0.25) is 4.79 Å². The third-order valence-electron chi connectivity index (χ3n) is 2.57. The Balaban J connectivity index is 0.00000220. The van der Waals surface area contributed by atoms with Crippen LogP contribution in [-0.2, 0) is 7.05 Å². The molecule has 0 fully saturated rings. The number of nitrogens with zero attached hydrogens (tertiary/aromatic N) is 2. The van der Waals surface area contributed by atoms with E-state index in [9.17, 15) is 4.79 Å². The Morgan fingerprint density at radius 2 is 1.90 bits per heavy atom. The minimum atomic E-state index is -0.285. The summed E-state index contributed by atoms with van der Waals surface area (Å²) in [4.78, 5) is 11.8. The summed E-state index contributed by atoms with van der Waals surface area (Å²) < 4.78 is 1.84. The predicted octanol–water partition coefficient (Wildman–Crippen LogP) is 3.20. The van der Waals surface area contributed by atoms with Crippen LogP contribution < -0.4 is 9.99 Å². The zero-order valence-electron chi connectivity index (χ0n) is 11.1. The van der Waals surface area contributed by atoms with Gasteiger partial charge in [0.1, 0.15) is 7.05 Å². The van der Waals surface area contributed by atoms with E-state index in [-0.39, 0.29) is 29.9 Å². The number of halogens is 3. The molecule has 110 valence electrons. The van der Waals surface area contributed by atoms with E-state index >= 15 is 0 Å². The van der Waals surface area contributed by atoms with Crippen molar-refractivity contribution in [2.75, 3.05) is 0 Å². The van der Waals surface area contributed by atoms with Crippen LogP contribution in [0.5, 0.6) is 0 Å². The number of aromatic nitrogens is 1. The number of carbonyl (C=O) groups is 1. The van der Waals surface area contributed by atoms with E-state index in [0.29, 0.717) is 21.2 Å². The third kappa shape index (κ3) is 5.26. The van der Waals surface area contributed by atoms with Crippen molar-refractivity contribution in [2.24, 2.45) is 12.1 Å². The molecule has 0 saturated heterocycles. The van der Waals surface area contributed by atoms with Crippen LogP contribution in [0.4, 0.5) is 0 Å². The van der Waals surface area contributed by atoms with Gasteiger partial charge in [-0.15, -0.1) is 24.0 Å². The molecule has 1 amide bonds. The van der Waals surface area contributed by atoms with Crippen molar-refractivity contribution in [1.82, 2.24) is 5.43 Å². The second-order valence-electron chi connectivity index (χ2n) is 4.12. The van der Waals surface area contributed by atoms with Gasteiger partial charge in [0.05, 0.1) is 16.8 Å². The summed E-state index contributed by atoms with van der Waals surface area (Å²) in [6.45, 7) is 0. The third-order valence-corrected chi connectivity index (χ3v) is 3.14. The molecule has 1 aromatic heterocycles. The van der Waals surface area contributed by atoms with Crippen molar-refractivity contribution in [3.05, 3.63) is 63.9 Å². The van der Waals surface area contributed by atoms with Gasteiger partial charge >= 0.3 is 0 Å². The largest absolute Gasteiger partial charge is 0.271 e. The van der Waals surface area contributed by atoms with Gasteiger partial charge in [-0.2, -0.15) is 5.10 Å². The topological polar surface area (TPSA) is 45.3 Å². The maximum absolute atomic E-state index is 11.8. The summed E-state index contributed by atoms with van der Waals surface area (Å²) in [5.41, 5.74) is 3.65. The molecule has 0 bridgehead atoms. The number of nitrogens with one attached hydrogen (secondary N) is 1. The lowest BCUT2D eigenvalue weighted by atomic mass is 10.2. The van der Waals surface area contributed by atoms with E-state index in [1.807, 2.05) is 11.6 Å². The minimum absolute atomic E-state index is 0. The summed E-state index contributed by atoms with van der Waals surface area (Å²) >= 11 is 11.8. The smallest absolute Gasteiger partial charge is 0.267 e. The molecule has 0 radical (unpaired) electrons. The number of amides is 1. The lowest BCUT2D eigenvalue weighted by Crippen LogP contribution is -2.27. The standard InChI is InChI=1S/C14H11Cl2N3O.HI/c1-19-6-4-10(5-7-19)14(20)18-17-9-11-2-3-12(15)8-13(11)16;/h2-9H,1H3;1H/p+1. The minimum Gasteiger partial charge on any atom is -0.267 e. The Bertz CT molecular complexity index is 660. The molecule has 2 rings (SSSR count). The van der Waals surface area contributed by atoms with Crippen molar-refractivity contribution >= 4 is 59.3 Å². The fourth-order valence-corrected chi connectivity index (χ4v) is 1.94. The van der Waals surface area contributed by atoms with E-state index < -0.39 is 0 Å². The zero-order chi connectivity index (χ0) is 14.5. The van der Waals surface area contributed by atoms with E-state index in [1.165, 1.54) is 6.21 Å². The lowest BCUT2D eigenvalue weighted by molar-refractivity contribution is -0.671. The zero-order valence-corrected chi connectivity index (χ0v) is 14.9. The van der Waals surface area contributed by atoms with Crippen LogP contribution in [-0.4, -0.2) is 12.1 Å². The predicted molar refractivity (Wildman–Crippen MR) is 94.6 cm³/mol. The van der Waals surface area contributed by atoms with E-state index in [0.717, 1.165) is 0 Å². The van der Waals surface area contributed by atoms with Gasteiger partial charge in [0.25, 0.3) is 5.91 Å². The van der Waals surface area contributed by atoms with Gasteiger partial charge in [-0.05, 0) is 12.1 Å². The first-order valence-electron chi connectivity index (χ1n) is 5.80. The fraction of sp³-hybridized carbons (Fsp3) is 0.0714. The van der Waals surface area contributed by atoms with Crippen molar-refractivity contribution < 1.29 is 9.36 Å². The number of benzene rings is 1. The molecule has 4 nitrogen and oxygen atoms in total. The SMILES string of the molecule is C[n+]1ccc(C(=O)N/N=C/c2ccc(Cl)cc2Cl)cc1.I. The lowest BCUT2D eigenvalue weighted by Gasteiger charge is -2.00. The van der Waals surface area contributed by atoms with E-state index in [1.54, 1.807) is 42.7 Å². The van der Waals surface area contributed by atoms with Crippen molar-refractivity contribution in [2.45, 2.75) is 0 Å². The highest BCUT2D eigenvalue weighted by Crippen LogP contribution is 2.19. The first-order valence-corrected chi connectivity index (χ1v) is 6.55. The fourth-order valence-electron chi connectivity index (χ4n) is 1.48. The summed E-state index contributed by atoms with van der Waals surface area (Å²) in [5, 5.41) is 4.90. The molecule has 0 spiro atoms. The monoisotopic (exact) mass is 436 g/mol. The molecule has 1 heterocycles. The number of hydrazone groups is 1. The average molecular weight is 437 g/mol. The molecule has 21 heavy (non-hydrogen) atoms. The second-order valence-corrected chi connectivity index (χ2v) is 4.96. The Hall–Kier alpha value is -1.18. The van der Waals surface area contributed by atoms with Crippen LogP contribution in [0.2, 0.25) is 10.0 Å². The number of hydrogen-bond acceptors (Lipinski definition) is 2. The Labute approximate surface area is 149 Å². The Morgan fingerprint density at radius 1 is 1.24 bits per heavy atom. The van der Waals surface area contributed by atoms with Crippen LogP contribution in [0.3, 0.4) is 0 Å². The number of rotatable bonds is 3. The Morgan fingerprint density at radius 3 is 2.52 bits per heavy atom. The maximum Gasteiger partial charge on any atom is 0.271 e. The highest BCUT2D eigenvalue weighted by atomic mass is 127. The first kappa shape index (κ1) is 17.9. The Kier molecular flexibility index (Phi) is 7.07. The molecule has 1 aromatic carbocycles. The van der Waals surface area contributed by atoms with Crippen molar-refractivity contribution in [1.29, 1.82) is 0 Å². The van der Waals surface area contributed by atoms with Gasteiger partial charge in [0.15, 0.2) is 12.4 Å². The summed E-state index contributed by atoms with van der Waals surface area (Å²) in [6, 6.07) is 8.46. The maximum atomic E-state index is 11.8. The van der Waals surface area contributed by atoms with Crippen LogP contribution >= 0.6 is 47.2 Å². The number of aryl methyl sites for hydroxylation is 1. The van der Waals surface area contributed by atoms with E-state index in [2.05, 4.69) is 10.5 Å². The quantitative estimate of drug-likeness (QED) is 0.341. The molecule has 0 atom stereocenters. The molecule has 2 aromatic rings. The van der Waals surface area contributed by atoms with Gasteiger partial charge in [0, 0.05) is 22.7 Å². The van der Waals surface area contributed by atoms with Gasteiger partial charge in [0.2, 0.25) is 0 Å². The molecule has 0 aliphatic rings. The van der Waals surface area contributed by atoms with Gasteiger partial charge in [-0.25, -0.2) is 9.99 Å². The van der Waals surface area contributed by atoms with E-state index in [4.69, 9.17) is 23.2 Å². The highest BCUT2D eigenvalue weighted by Gasteiger charge is 2.05. The molecular weight excluding hydrogens is 424 g/mol. The molecular formula is C14H13Cl2IN3O+. The second kappa shape index (κ2) is 8.31. The molecule has 0 saturated carbocycles. The molecule has 7 heteroatoms.